The Balaban J connectivity index is 1.82. The maximum atomic E-state index is 12.6. The molecule has 1 amide bonds. The Morgan fingerprint density at radius 1 is 1.52 bits per heavy atom. The summed E-state index contributed by atoms with van der Waals surface area (Å²) < 4.78 is 0. The van der Waals surface area contributed by atoms with Crippen LogP contribution in [-0.2, 0) is 4.79 Å². The summed E-state index contributed by atoms with van der Waals surface area (Å²) in [6.45, 7) is 0.642. The molecule has 1 fully saturated rings. The Morgan fingerprint density at radius 3 is 3.04 bits per heavy atom. The van der Waals surface area contributed by atoms with E-state index >= 15 is 0 Å². The normalized spacial score (nSPS) is 17.1. The van der Waals surface area contributed by atoms with Gasteiger partial charge in [-0.3, -0.25) is 14.6 Å². The number of likely N-dealkylation sites (tertiary alicyclic amines) is 1. The van der Waals surface area contributed by atoms with Crippen molar-refractivity contribution in [3.8, 4) is 17.5 Å². The van der Waals surface area contributed by atoms with E-state index in [1.165, 1.54) is 16.2 Å². The van der Waals surface area contributed by atoms with E-state index in [2.05, 4.69) is 11.2 Å². The van der Waals surface area contributed by atoms with Crippen LogP contribution in [0.3, 0.4) is 0 Å². The van der Waals surface area contributed by atoms with Crippen LogP contribution in [0.15, 0.2) is 29.6 Å². The molecule has 1 atom stereocenters. The average Bonchev–Trinajstić information content (AvgIpc) is 3.23. The van der Waals surface area contributed by atoms with Crippen LogP contribution in [0.5, 0.6) is 0 Å². The summed E-state index contributed by atoms with van der Waals surface area (Å²) in [5, 5.41) is 12.2. The van der Waals surface area contributed by atoms with Crippen molar-refractivity contribution in [3.63, 3.8) is 0 Å². The van der Waals surface area contributed by atoms with Gasteiger partial charge in [-0.1, -0.05) is 29.8 Å². The van der Waals surface area contributed by atoms with Crippen LogP contribution in [0.25, 0.3) is 11.3 Å². The minimum atomic E-state index is -0.377. The molecule has 3 rings (SSSR count). The highest BCUT2D eigenvalue weighted by molar-refractivity contribution is 7.14. The molecule has 5 nitrogen and oxygen atoms in total. The van der Waals surface area contributed by atoms with Crippen molar-refractivity contribution in [2.24, 2.45) is 0 Å². The van der Waals surface area contributed by atoms with Crippen LogP contribution in [0, 0.1) is 11.5 Å². The number of hydrogen-bond donors (Lipinski definition) is 0. The third kappa shape index (κ3) is 3.03. The zero-order valence-corrected chi connectivity index (χ0v) is 14.1. The smallest absolute Gasteiger partial charge is 0.251 e. The zero-order valence-electron chi connectivity index (χ0n) is 12.6. The molecule has 23 heavy (non-hydrogen) atoms. The molecule has 1 aliphatic heterocycles. The van der Waals surface area contributed by atoms with Crippen molar-refractivity contribution in [2.45, 2.75) is 18.9 Å². The molecule has 1 aromatic carbocycles. The Kier molecular flexibility index (Phi) is 4.51. The van der Waals surface area contributed by atoms with E-state index in [-0.39, 0.29) is 11.9 Å². The number of carbonyl (C=O) groups excluding carboxylic acids is 1. The van der Waals surface area contributed by atoms with Crippen LogP contribution < -0.4 is 4.90 Å². The van der Waals surface area contributed by atoms with Gasteiger partial charge in [-0.25, -0.2) is 4.98 Å². The molecule has 0 aliphatic carbocycles. The van der Waals surface area contributed by atoms with E-state index in [4.69, 9.17) is 16.9 Å². The van der Waals surface area contributed by atoms with Gasteiger partial charge in [-0.2, -0.15) is 5.26 Å². The number of amides is 1. The second-order valence-electron chi connectivity index (χ2n) is 5.34. The second-order valence-corrected chi connectivity index (χ2v) is 6.59. The summed E-state index contributed by atoms with van der Waals surface area (Å²) in [5.41, 5.74) is 1.59. The van der Waals surface area contributed by atoms with E-state index in [9.17, 15) is 4.79 Å². The summed E-state index contributed by atoms with van der Waals surface area (Å²) in [4.78, 5) is 20.2. The predicted octanol–water partition coefficient (Wildman–Crippen LogP) is 3.37. The van der Waals surface area contributed by atoms with Crippen molar-refractivity contribution in [1.82, 2.24) is 9.88 Å². The average molecular weight is 347 g/mol. The van der Waals surface area contributed by atoms with Crippen molar-refractivity contribution in [3.05, 3.63) is 34.7 Å². The van der Waals surface area contributed by atoms with Crippen LogP contribution in [0.4, 0.5) is 5.13 Å². The number of thiazole rings is 1. The zero-order chi connectivity index (χ0) is 16.4. The number of benzene rings is 1. The lowest BCUT2D eigenvalue weighted by Gasteiger charge is -2.22. The lowest BCUT2D eigenvalue weighted by atomic mass is 10.2. The summed E-state index contributed by atoms with van der Waals surface area (Å²) in [6, 6.07) is 7.10. The summed E-state index contributed by atoms with van der Waals surface area (Å²) >= 11 is 7.58. The number of rotatable bonds is 3. The van der Waals surface area contributed by atoms with E-state index in [1.807, 2.05) is 29.6 Å². The van der Waals surface area contributed by atoms with Gasteiger partial charge in [0.2, 0.25) is 0 Å². The van der Waals surface area contributed by atoms with Gasteiger partial charge in [0.25, 0.3) is 5.91 Å². The van der Waals surface area contributed by atoms with E-state index in [1.54, 1.807) is 11.9 Å². The number of aromatic nitrogens is 1. The van der Waals surface area contributed by atoms with E-state index in [0.717, 1.165) is 17.7 Å². The first-order valence-corrected chi connectivity index (χ1v) is 8.52. The van der Waals surface area contributed by atoms with Crippen molar-refractivity contribution in [1.29, 1.82) is 5.26 Å². The van der Waals surface area contributed by atoms with E-state index in [0.29, 0.717) is 23.1 Å². The van der Waals surface area contributed by atoms with Crippen molar-refractivity contribution < 1.29 is 4.79 Å². The lowest BCUT2D eigenvalue weighted by molar-refractivity contribution is -0.121. The van der Waals surface area contributed by atoms with Gasteiger partial charge in [0.15, 0.2) is 11.3 Å². The van der Waals surface area contributed by atoms with Crippen molar-refractivity contribution in [2.75, 3.05) is 18.5 Å². The quantitative estimate of drug-likeness (QED) is 0.799. The first kappa shape index (κ1) is 15.8. The minimum Gasteiger partial charge on any atom is -0.298 e. The summed E-state index contributed by atoms with van der Waals surface area (Å²) in [6.07, 6.45) is 3.66. The number of carbonyl (C=O) groups is 1. The number of nitriles is 1. The highest BCUT2D eigenvalue weighted by atomic mass is 35.5. The highest BCUT2D eigenvalue weighted by Gasteiger charge is 2.33. The van der Waals surface area contributed by atoms with E-state index < -0.39 is 0 Å². The Labute approximate surface area is 143 Å². The largest absolute Gasteiger partial charge is 0.298 e. The fraction of sp³-hybridized carbons (Fsp3) is 0.312. The molecule has 0 radical (unpaired) electrons. The molecule has 1 aliphatic rings. The maximum absolute atomic E-state index is 12.6. The van der Waals surface area contributed by atoms with Gasteiger partial charge < -0.3 is 0 Å². The topological polar surface area (TPSA) is 60.2 Å². The highest BCUT2D eigenvalue weighted by Crippen LogP contribution is 2.32. The molecular formula is C16H15ClN4OS. The molecule has 7 heteroatoms. The van der Waals surface area contributed by atoms with Crippen LogP contribution in [0.1, 0.15) is 12.8 Å². The minimum absolute atomic E-state index is 0.0934. The van der Waals surface area contributed by atoms with Gasteiger partial charge in [0.1, 0.15) is 6.04 Å². The molecule has 1 saturated heterocycles. The molecule has 118 valence electrons. The van der Waals surface area contributed by atoms with Crippen LogP contribution in [0.2, 0.25) is 5.02 Å². The van der Waals surface area contributed by atoms with Crippen LogP contribution in [-0.4, -0.2) is 35.4 Å². The molecule has 0 unspecified atom stereocenters. The molecule has 0 spiro atoms. The van der Waals surface area contributed by atoms with Gasteiger partial charge in [-0.15, -0.1) is 11.3 Å². The molecule has 0 saturated carbocycles. The number of nitrogens with zero attached hydrogens (tertiary/aromatic N) is 4. The monoisotopic (exact) mass is 346 g/mol. The fourth-order valence-electron chi connectivity index (χ4n) is 2.67. The third-order valence-corrected chi connectivity index (χ3v) is 5.17. The SMILES string of the molecule is CN(C(=O)[C@@H]1CCCN1C#N)c1nc(-c2ccccc2Cl)cs1. The predicted molar refractivity (Wildman–Crippen MR) is 91.3 cm³/mol. The summed E-state index contributed by atoms with van der Waals surface area (Å²) in [7, 11) is 1.70. The fourth-order valence-corrected chi connectivity index (χ4v) is 3.70. The molecule has 2 aromatic rings. The molecule has 1 aromatic heterocycles. The Hall–Kier alpha value is -2.10. The third-order valence-electron chi connectivity index (χ3n) is 3.93. The second kappa shape index (κ2) is 6.57. The first-order chi connectivity index (χ1) is 11.1. The van der Waals surface area contributed by atoms with Gasteiger partial charge in [-0.05, 0) is 18.9 Å². The number of likely N-dealkylation sites (N-methyl/N-ethyl adjacent to an activating group) is 1. The Morgan fingerprint density at radius 2 is 2.30 bits per heavy atom. The number of anilines is 1. The lowest BCUT2D eigenvalue weighted by Crippen LogP contribution is -2.42. The molecule has 0 N–H and O–H groups in total. The molecule has 2 heterocycles. The van der Waals surface area contributed by atoms with Gasteiger partial charge in [0.05, 0.1) is 5.69 Å². The van der Waals surface area contributed by atoms with Gasteiger partial charge in [0, 0.05) is 29.6 Å². The molecule has 0 bridgehead atoms. The Bertz CT molecular complexity index is 769. The maximum Gasteiger partial charge on any atom is 0.251 e. The van der Waals surface area contributed by atoms with Gasteiger partial charge >= 0.3 is 0 Å². The number of hydrogen-bond acceptors (Lipinski definition) is 5. The standard InChI is InChI=1S/C16H15ClN4OS/c1-20(15(22)14-7-4-8-21(14)10-18)16-19-13(9-23-16)11-5-2-3-6-12(11)17/h2-3,5-6,9,14H,4,7-8H2,1H3/t14-/m0/s1. The summed E-state index contributed by atoms with van der Waals surface area (Å²) in [5.74, 6) is -0.0934. The van der Waals surface area contributed by atoms with Crippen LogP contribution >= 0.6 is 22.9 Å². The number of halogens is 1. The first-order valence-electron chi connectivity index (χ1n) is 7.26. The molecular weight excluding hydrogens is 332 g/mol. The van der Waals surface area contributed by atoms with Crippen molar-refractivity contribution >= 4 is 34.0 Å².